The Morgan fingerprint density at radius 1 is 1.16 bits per heavy atom. The molecule has 1 amide bonds. The van der Waals surface area contributed by atoms with Gasteiger partial charge in [-0.05, 0) is 55.7 Å². The second-order valence-corrected chi connectivity index (χ2v) is 7.88. The SMILES string of the molecule is COCCn1c(-c2ccc(Cl)cc2)nn(CC(=O)NCCc2ccc(C)cc2C)c1=O. The van der Waals surface area contributed by atoms with Crippen molar-refractivity contribution in [3.63, 3.8) is 0 Å². The lowest BCUT2D eigenvalue weighted by Crippen LogP contribution is -2.35. The van der Waals surface area contributed by atoms with E-state index < -0.39 is 0 Å². The predicted octanol–water partition coefficient (Wildman–Crippen LogP) is 2.99. The molecule has 0 saturated heterocycles. The molecule has 0 aliphatic carbocycles. The molecule has 7 nitrogen and oxygen atoms in total. The Morgan fingerprint density at radius 3 is 2.58 bits per heavy atom. The van der Waals surface area contributed by atoms with Crippen molar-refractivity contribution < 1.29 is 9.53 Å². The smallest absolute Gasteiger partial charge is 0.346 e. The summed E-state index contributed by atoms with van der Waals surface area (Å²) >= 11 is 5.97. The van der Waals surface area contributed by atoms with Crippen molar-refractivity contribution in [1.29, 1.82) is 0 Å². The average molecular weight is 443 g/mol. The number of ether oxygens (including phenoxy) is 1. The van der Waals surface area contributed by atoms with Crippen molar-refractivity contribution in [3.05, 3.63) is 74.7 Å². The molecule has 1 N–H and O–H groups in total. The van der Waals surface area contributed by atoms with Gasteiger partial charge >= 0.3 is 5.69 Å². The van der Waals surface area contributed by atoms with Crippen molar-refractivity contribution in [2.24, 2.45) is 0 Å². The predicted molar refractivity (Wildman–Crippen MR) is 121 cm³/mol. The van der Waals surface area contributed by atoms with Crippen LogP contribution < -0.4 is 11.0 Å². The summed E-state index contributed by atoms with van der Waals surface area (Å²) in [6.07, 6.45) is 0.727. The van der Waals surface area contributed by atoms with E-state index in [-0.39, 0.29) is 18.1 Å². The number of aromatic nitrogens is 3. The zero-order valence-electron chi connectivity index (χ0n) is 18.0. The third kappa shape index (κ3) is 5.83. The van der Waals surface area contributed by atoms with Crippen LogP contribution in [0, 0.1) is 13.8 Å². The lowest BCUT2D eigenvalue weighted by atomic mass is 10.0. The van der Waals surface area contributed by atoms with Crippen LogP contribution in [0.1, 0.15) is 16.7 Å². The van der Waals surface area contributed by atoms with E-state index in [0.29, 0.717) is 30.5 Å². The molecule has 3 rings (SSSR count). The minimum absolute atomic E-state index is 0.147. The number of benzene rings is 2. The molecule has 0 atom stereocenters. The van der Waals surface area contributed by atoms with Gasteiger partial charge in [-0.3, -0.25) is 9.36 Å². The lowest BCUT2D eigenvalue weighted by Gasteiger charge is -2.08. The summed E-state index contributed by atoms with van der Waals surface area (Å²) in [4.78, 5) is 25.3. The van der Waals surface area contributed by atoms with Crippen LogP contribution >= 0.6 is 11.6 Å². The number of aryl methyl sites for hydroxylation is 2. The summed E-state index contributed by atoms with van der Waals surface area (Å²) < 4.78 is 7.81. The van der Waals surface area contributed by atoms with Crippen LogP contribution in [0.3, 0.4) is 0 Å². The first-order valence-electron chi connectivity index (χ1n) is 10.1. The van der Waals surface area contributed by atoms with Gasteiger partial charge in [0.1, 0.15) is 6.54 Å². The summed E-state index contributed by atoms with van der Waals surface area (Å²) in [6.45, 7) is 5.16. The van der Waals surface area contributed by atoms with Crippen LogP contribution in [0.5, 0.6) is 0 Å². The Morgan fingerprint density at radius 2 is 1.90 bits per heavy atom. The van der Waals surface area contributed by atoms with E-state index in [1.54, 1.807) is 31.4 Å². The summed E-state index contributed by atoms with van der Waals surface area (Å²) in [5, 5.41) is 7.87. The maximum absolute atomic E-state index is 12.8. The topological polar surface area (TPSA) is 78.2 Å². The number of halogens is 1. The molecule has 3 aromatic rings. The highest BCUT2D eigenvalue weighted by molar-refractivity contribution is 6.30. The number of carbonyl (C=O) groups excluding carboxylic acids is 1. The summed E-state index contributed by atoms with van der Waals surface area (Å²) in [5.74, 6) is 0.215. The molecule has 1 aromatic heterocycles. The second-order valence-electron chi connectivity index (χ2n) is 7.45. The standard InChI is InChI=1S/C23H27ClN4O3/c1-16-4-5-18(17(2)14-16)10-11-25-21(29)15-28-23(30)27(12-13-31-3)22(26-28)19-6-8-20(24)9-7-19/h4-9,14H,10-13,15H2,1-3H3,(H,25,29). The highest BCUT2D eigenvalue weighted by Gasteiger charge is 2.17. The van der Waals surface area contributed by atoms with E-state index in [0.717, 1.165) is 12.0 Å². The van der Waals surface area contributed by atoms with Crippen molar-refractivity contribution in [3.8, 4) is 11.4 Å². The van der Waals surface area contributed by atoms with Gasteiger partial charge in [0, 0.05) is 24.2 Å². The normalized spacial score (nSPS) is 11.0. The van der Waals surface area contributed by atoms with Crippen LogP contribution in [0.2, 0.25) is 5.02 Å². The first-order valence-corrected chi connectivity index (χ1v) is 10.5. The van der Waals surface area contributed by atoms with Gasteiger partial charge in [-0.1, -0.05) is 35.4 Å². The Labute approximate surface area is 186 Å². The zero-order valence-corrected chi connectivity index (χ0v) is 18.8. The van der Waals surface area contributed by atoms with Crippen LogP contribution in [0.25, 0.3) is 11.4 Å². The third-order valence-corrected chi connectivity index (χ3v) is 5.30. The molecule has 31 heavy (non-hydrogen) atoms. The Balaban J connectivity index is 1.70. The summed E-state index contributed by atoms with van der Waals surface area (Å²) in [7, 11) is 1.57. The molecule has 0 aliphatic heterocycles. The third-order valence-electron chi connectivity index (χ3n) is 5.05. The van der Waals surface area contributed by atoms with Gasteiger partial charge in [0.25, 0.3) is 0 Å². The molecule has 164 valence electrons. The molecular formula is C23H27ClN4O3. The van der Waals surface area contributed by atoms with Crippen molar-refractivity contribution in [2.75, 3.05) is 20.3 Å². The van der Waals surface area contributed by atoms with Crippen LogP contribution in [-0.4, -0.2) is 40.5 Å². The molecule has 2 aromatic carbocycles. The Hall–Kier alpha value is -2.90. The molecule has 0 fully saturated rings. The van der Waals surface area contributed by atoms with Crippen LogP contribution in [0.4, 0.5) is 0 Å². The maximum Gasteiger partial charge on any atom is 0.346 e. The van der Waals surface area contributed by atoms with Crippen molar-refractivity contribution in [2.45, 2.75) is 33.4 Å². The van der Waals surface area contributed by atoms with Gasteiger partial charge in [-0.2, -0.15) is 0 Å². The highest BCUT2D eigenvalue weighted by Crippen LogP contribution is 2.19. The molecular weight excluding hydrogens is 416 g/mol. The molecule has 8 heteroatoms. The fourth-order valence-electron chi connectivity index (χ4n) is 3.40. The summed E-state index contributed by atoms with van der Waals surface area (Å²) in [6, 6.07) is 13.3. The molecule has 0 bridgehead atoms. The van der Waals surface area contributed by atoms with Gasteiger partial charge in [0.15, 0.2) is 5.82 Å². The monoisotopic (exact) mass is 442 g/mol. The number of hydrogen-bond donors (Lipinski definition) is 1. The second kappa shape index (κ2) is 10.4. The average Bonchev–Trinajstić information content (AvgIpc) is 3.04. The Bertz CT molecular complexity index is 1100. The number of rotatable bonds is 9. The number of methoxy groups -OCH3 is 1. The van der Waals surface area contributed by atoms with Crippen molar-refractivity contribution >= 4 is 17.5 Å². The first kappa shape index (κ1) is 22.8. The van der Waals surface area contributed by atoms with E-state index >= 15 is 0 Å². The minimum Gasteiger partial charge on any atom is -0.383 e. The largest absolute Gasteiger partial charge is 0.383 e. The summed E-state index contributed by atoms with van der Waals surface area (Å²) in [5.41, 5.74) is 4.00. The molecule has 0 spiro atoms. The molecule has 0 saturated carbocycles. The number of hydrogen-bond acceptors (Lipinski definition) is 4. The Kier molecular flexibility index (Phi) is 7.65. The number of nitrogens with one attached hydrogen (secondary N) is 1. The highest BCUT2D eigenvalue weighted by atomic mass is 35.5. The molecule has 0 radical (unpaired) electrons. The van der Waals surface area contributed by atoms with Crippen LogP contribution in [-0.2, 0) is 29.0 Å². The molecule has 0 aliphatic rings. The number of nitrogens with zero attached hydrogens (tertiary/aromatic N) is 3. The fraction of sp³-hybridized carbons (Fsp3) is 0.348. The molecule has 1 heterocycles. The van der Waals surface area contributed by atoms with E-state index in [4.69, 9.17) is 16.3 Å². The zero-order chi connectivity index (χ0) is 22.4. The van der Waals surface area contributed by atoms with Crippen molar-refractivity contribution in [1.82, 2.24) is 19.7 Å². The lowest BCUT2D eigenvalue weighted by molar-refractivity contribution is -0.121. The van der Waals surface area contributed by atoms with E-state index in [1.165, 1.54) is 25.9 Å². The number of carbonyl (C=O) groups is 1. The van der Waals surface area contributed by atoms with Gasteiger partial charge in [-0.25, -0.2) is 9.48 Å². The van der Waals surface area contributed by atoms with Gasteiger partial charge < -0.3 is 10.1 Å². The van der Waals surface area contributed by atoms with E-state index in [2.05, 4.69) is 42.5 Å². The van der Waals surface area contributed by atoms with E-state index in [1.807, 2.05) is 0 Å². The minimum atomic E-state index is -0.355. The first-order chi connectivity index (χ1) is 14.9. The van der Waals surface area contributed by atoms with Crippen LogP contribution in [0.15, 0.2) is 47.3 Å². The quantitative estimate of drug-likeness (QED) is 0.552. The fourth-order valence-corrected chi connectivity index (χ4v) is 3.52. The van der Waals surface area contributed by atoms with E-state index in [9.17, 15) is 9.59 Å². The maximum atomic E-state index is 12.8. The van der Waals surface area contributed by atoms with Gasteiger partial charge in [0.05, 0.1) is 13.2 Å². The number of amides is 1. The van der Waals surface area contributed by atoms with Gasteiger partial charge in [-0.15, -0.1) is 5.10 Å². The van der Waals surface area contributed by atoms with Gasteiger partial charge in [0.2, 0.25) is 5.91 Å². The molecule has 0 unspecified atom stereocenters.